The molecule has 2 aromatic heterocycles. The fraction of sp³-hybridized carbons (Fsp3) is 0.250. The number of aliphatic hydroxyl groups is 1. The van der Waals surface area contributed by atoms with Gasteiger partial charge in [-0.25, -0.2) is 0 Å². The maximum absolute atomic E-state index is 12.1. The lowest BCUT2D eigenvalue weighted by Crippen LogP contribution is -2.23. The van der Waals surface area contributed by atoms with Gasteiger partial charge in [-0.2, -0.15) is 0 Å². The van der Waals surface area contributed by atoms with Crippen molar-refractivity contribution in [2.24, 2.45) is 0 Å². The highest BCUT2D eigenvalue weighted by molar-refractivity contribution is 7.14. The Morgan fingerprint density at radius 3 is 2.71 bits per heavy atom. The number of nitrogens with one attached hydrogen (secondary N) is 1. The van der Waals surface area contributed by atoms with Gasteiger partial charge in [-0.15, -0.1) is 10.2 Å². The van der Waals surface area contributed by atoms with Gasteiger partial charge in [0.1, 0.15) is 15.6 Å². The molecule has 0 bridgehead atoms. The van der Waals surface area contributed by atoms with Crippen molar-refractivity contribution in [3.63, 3.8) is 0 Å². The molecule has 2 heterocycles. The number of rotatable bonds is 5. The van der Waals surface area contributed by atoms with Crippen molar-refractivity contribution < 1.29 is 14.4 Å². The zero-order valence-electron chi connectivity index (χ0n) is 13.2. The third-order valence-electron chi connectivity index (χ3n) is 3.23. The van der Waals surface area contributed by atoms with Crippen LogP contribution in [0.2, 0.25) is 0 Å². The first-order chi connectivity index (χ1) is 11.4. The van der Waals surface area contributed by atoms with E-state index in [1.54, 1.807) is 13.8 Å². The number of aromatic nitrogens is 3. The van der Waals surface area contributed by atoms with Crippen LogP contribution < -0.4 is 5.32 Å². The van der Waals surface area contributed by atoms with E-state index in [9.17, 15) is 9.90 Å². The Morgan fingerprint density at radius 2 is 2.04 bits per heavy atom. The monoisotopic (exact) mass is 344 g/mol. The van der Waals surface area contributed by atoms with E-state index in [2.05, 4.69) is 20.7 Å². The van der Waals surface area contributed by atoms with Gasteiger partial charge in [0.25, 0.3) is 5.91 Å². The minimum absolute atomic E-state index is 0.111. The van der Waals surface area contributed by atoms with Gasteiger partial charge in [-0.3, -0.25) is 4.79 Å². The maximum Gasteiger partial charge on any atom is 0.273 e. The fourth-order valence-electron chi connectivity index (χ4n) is 1.94. The lowest BCUT2D eigenvalue weighted by Gasteiger charge is -2.10. The van der Waals surface area contributed by atoms with Crippen molar-refractivity contribution >= 4 is 17.2 Å². The molecule has 3 rings (SSSR count). The molecule has 7 nitrogen and oxygen atoms in total. The molecule has 0 aliphatic carbocycles. The maximum atomic E-state index is 12.1. The number of hydrogen-bond donors (Lipinski definition) is 2. The highest BCUT2D eigenvalue weighted by Crippen LogP contribution is 2.23. The third kappa shape index (κ3) is 3.66. The molecule has 0 atom stereocenters. The molecule has 24 heavy (non-hydrogen) atoms. The molecule has 1 aromatic carbocycles. The van der Waals surface area contributed by atoms with E-state index in [0.29, 0.717) is 5.01 Å². The largest absolute Gasteiger partial charge is 0.382 e. The molecule has 0 spiro atoms. The summed E-state index contributed by atoms with van der Waals surface area (Å²) in [6.45, 7) is 3.36. The summed E-state index contributed by atoms with van der Waals surface area (Å²) in [5.74, 6) is -0.166. The Kier molecular flexibility index (Phi) is 4.41. The predicted molar refractivity (Wildman–Crippen MR) is 88.3 cm³/mol. The molecule has 8 heteroatoms. The average molecular weight is 344 g/mol. The van der Waals surface area contributed by atoms with Gasteiger partial charge < -0.3 is 14.9 Å². The van der Waals surface area contributed by atoms with Crippen LogP contribution in [0.15, 0.2) is 40.9 Å². The average Bonchev–Trinajstić information content (AvgIpc) is 3.22. The Balaban J connectivity index is 1.63. The van der Waals surface area contributed by atoms with Gasteiger partial charge in [0.2, 0.25) is 0 Å². The van der Waals surface area contributed by atoms with Crippen molar-refractivity contribution in [1.82, 2.24) is 20.7 Å². The normalized spacial score (nSPS) is 11.5. The number of benzene rings is 1. The van der Waals surface area contributed by atoms with Crippen LogP contribution in [-0.2, 0) is 12.1 Å². The molecule has 0 aliphatic heterocycles. The summed E-state index contributed by atoms with van der Waals surface area (Å²) in [5, 5.41) is 25.9. The van der Waals surface area contributed by atoms with Crippen LogP contribution >= 0.6 is 11.3 Å². The first-order valence-electron chi connectivity index (χ1n) is 7.29. The van der Waals surface area contributed by atoms with E-state index in [1.165, 1.54) is 17.4 Å². The van der Waals surface area contributed by atoms with Gasteiger partial charge in [-0.1, -0.05) is 46.8 Å². The van der Waals surface area contributed by atoms with Gasteiger partial charge >= 0.3 is 0 Å². The summed E-state index contributed by atoms with van der Waals surface area (Å²) in [7, 11) is 0. The molecule has 0 saturated carbocycles. The van der Waals surface area contributed by atoms with E-state index in [0.717, 1.165) is 10.6 Å². The van der Waals surface area contributed by atoms with Gasteiger partial charge in [0.15, 0.2) is 11.5 Å². The Labute approximate surface area is 142 Å². The first-order valence-corrected chi connectivity index (χ1v) is 8.11. The highest BCUT2D eigenvalue weighted by Gasteiger charge is 2.24. The molecule has 0 fully saturated rings. The van der Waals surface area contributed by atoms with Crippen LogP contribution in [0.25, 0.3) is 10.6 Å². The quantitative estimate of drug-likeness (QED) is 0.737. The number of carbonyl (C=O) groups excluding carboxylic acids is 1. The molecule has 1 amide bonds. The van der Waals surface area contributed by atoms with Crippen LogP contribution in [0.1, 0.15) is 35.1 Å². The summed E-state index contributed by atoms with van der Waals surface area (Å²) >= 11 is 1.41. The van der Waals surface area contributed by atoms with Crippen LogP contribution in [-0.4, -0.2) is 26.4 Å². The summed E-state index contributed by atoms with van der Waals surface area (Å²) in [6.07, 6.45) is 0. The number of nitrogens with zero attached hydrogens (tertiary/aromatic N) is 3. The van der Waals surface area contributed by atoms with Gasteiger partial charge in [0, 0.05) is 11.6 Å². The topological polar surface area (TPSA) is 101 Å². The Hall–Kier alpha value is -2.58. The number of amides is 1. The Morgan fingerprint density at radius 1 is 1.29 bits per heavy atom. The second-order valence-electron chi connectivity index (χ2n) is 5.69. The summed E-state index contributed by atoms with van der Waals surface area (Å²) in [6, 6.07) is 11.1. The second kappa shape index (κ2) is 6.50. The summed E-state index contributed by atoms with van der Waals surface area (Å²) in [5.41, 5.74) is -0.0890. The van der Waals surface area contributed by atoms with Crippen molar-refractivity contribution in [3.8, 4) is 10.6 Å². The van der Waals surface area contributed by atoms with Crippen LogP contribution in [0.4, 0.5) is 0 Å². The smallest absolute Gasteiger partial charge is 0.273 e. The third-order valence-corrected chi connectivity index (χ3v) is 4.21. The molecular weight excluding hydrogens is 328 g/mol. The summed E-state index contributed by atoms with van der Waals surface area (Å²) in [4.78, 5) is 12.1. The van der Waals surface area contributed by atoms with Crippen LogP contribution in [0, 0.1) is 0 Å². The number of hydrogen-bond acceptors (Lipinski definition) is 7. The van der Waals surface area contributed by atoms with Crippen molar-refractivity contribution in [1.29, 1.82) is 0 Å². The van der Waals surface area contributed by atoms with Gasteiger partial charge in [-0.05, 0) is 13.8 Å². The Bertz CT molecular complexity index is 836. The zero-order chi connectivity index (χ0) is 17.2. The fourth-order valence-corrected chi connectivity index (χ4v) is 2.72. The summed E-state index contributed by atoms with van der Waals surface area (Å²) < 4.78 is 4.98. The number of carbonyl (C=O) groups is 1. The van der Waals surface area contributed by atoms with E-state index in [4.69, 9.17) is 4.52 Å². The highest BCUT2D eigenvalue weighted by atomic mass is 32.1. The van der Waals surface area contributed by atoms with E-state index < -0.39 is 11.5 Å². The minimum Gasteiger partial charge on any atom is -0.382 e. The van der Waals surface area contributed by atoms with Crippen molar-refractivity contribution in [2.75, 3.05) is 0 Å². The van der Waals surface area contributed by atoms with E-state index >= 15 is 0 Å². The van der Waals surface area contributed by atoms with E-state index in [1.807, 2.05) is 30.3 Å². The van der Waals surface area contributed by atoms with Crippen molar-refractivity contribution in [3.05, 3.63) is 52.9 Å². The SMILES string of the molecule is CC(C)(O)c1cc(C(=O)NCc2nnc(-c3ccccc3)s2)no1. The molecule has 0 unspecified atom stereocenters. The molecule has 0 radical (unpaired) electrons. The molecule has 2 N–H and O–H groups in total. The molecule has 124 valence electrons. The molecule has 0 saturated heterocycles. The van der Waals surface area contributed by atoms with E-state index in [-0.39, 0.29) is 18.0 Å². The van der Waals surface area contributed by atoms with Crippen LogP contribution in [0.3, 0.4) is 0 Å². The first kappa shape index (κ1) is 16.3. The second-order valence-corrected chi connectivity index (χ2v) is 6.75. The lowest BCUT2D eigenvalue weighted by molar-refractivity contribution is 0.0474. The minimum atomic E-state index is -1.19. The molecular formula is C16H16N4O3S. The molecule has 0 aliphatic rings. The molecule has 3 aromatic rings. The van der Waals surface area contributed by atoms with Gasteiger partial charge in [0.05, 0.1) is 6.54 Å². The predicted octanol–water partition coefficient (Wildman–Crippen LogP) is 2.35. The lowest BCUT2D eigenvalue weighted by atomic mass is 10.1. The zero-order valence-corrected chi connectivity index (χ0v) is 14.0. The standard InChI is InChI=1S/C16H16N4O3S/c1-16(2,22)12-8-11(20-23-12)14(21)17-9-13-18-19-15(24-13)10-6-4-3-5-7-10/h3-8,22H,9H2,1-2H3,(H,17,21). The van der Waals surface area contributed by atoms with Crippen LogP contribution in [0.5, 0.6) is 0 Å². The van der Waals surface area contributed by atoms with Crippen molar-refractivity contribution in [2.45, 2.75) is 26.0 Å².